The first-order chi connectivity index (χ1) is 16.4. The summed E-state index contributed by atoms with van der Waals surface area (Å²) >= 11 is 0. The summed E-state index contributed by atoms with van der Waals surface area (Å²) in [6.45, 7) is 0.223. The number of nitrogens with two attached hydrogens (primary N) is 2. The van der Waals surface area contributed by atoms with Gasteiger partial charge in [-0.25, -0.2) is 0 Å². The molecule has 10 nitrogen and oxygen atoms in total. The largest absolute Gasteiger partial charge is 0.497 e. The summed E-state index contributed by atoms with van der Waals surface area (Å²) in [5.74, 6) is -0.0369. The summed E-state index contributed by atoms with van der Waals surface area (Å²) < 4.78 is 5.13. The normalized spacial score (nSPS) is 10.5. The number of hydrogen-bond acceptors (Lipinski definition) is 7. The van der Waals surface area contributed by atoms with Gasteiger partial charge in [-0.3, -0.25) is 9.59 Å². The summed E-state index contributed by atoms with van der Waals surface area (Å²) in [6.07, 6.45) is 0. The highest BCUT2D eigenvalue weighted by Gasteiger charge is 2.17. The molecule has 0 unspecified atom stereocenters. The maximum Gasteiger partial charge on any atom is 0.275 e. The molecule has 4 aromatic rings. The molecule has 6 N–H and O–H groups in total. The zero-order valence-corrected chi connectivity index (χ0v) is 18.4. The lowest BCUT2D eigenvalue weighted by Gasteiger charge is -2.09. The van der Waals surface area contributed by atoms with Crippen molar-refractivity contribution in [1.82, 2.24) is 20.3 Å². The molecule has 0 spiro atoms. The Balaban J connectivity index is 1.37. The first-order valence-corrected chi connectivity index (χ1v) is 10.3. The van der Waals surface area contributed by atoms with Crippen LogP contribution in [0.4, 0.5) is 17.2 Å². The zero-order chi connectivity index (χ0) is 24.1. The predicted molar refractivity (Wildman–Crippen MR) is 129 cm³/mol. The average molecular weight is 457 g/mol. The van der Waals surface area contributed by atoms with Crippen molar-refractivity contribution in [3.05, 3.63) is 89.6 Å². The molecule has 0 radical (unpaired) electrons. The smallest absolute Gasteiger partial charge is 0.275 e. The average Bonchev–Trinajstić information content (AvgIpc) is 3.26. The molecule has 0 bridgehead atoms. The number of amides is 2. The van der Waals surface area contributed by atoms with E-state index >= 15 is 0 Å². The van der Waals surface area contributed by atoms with Crippen LogP contribution in [0.15, 0.2) is 72.8 Å². The van der Waals surface area contributed by atoms with E-state index < -0.39 is 5.91 Å². The van der Waals surface area contributed by atoms with E-state index in [9.17, 15) is 9.59 Å². The highest BCUT2D eigenvalue weighted by molar-refractivity contribution is 6.05. The molecule has 0 saturated carbocycles. The molecule has 0 saturated heterocycles. The number of nitrogens with one attached hydrogen (secondary N) is 2. The van der Waals surface area contributed by atoms with Crippen LogP contribution in [0, 0.1) is 0 Å². The molecular formula is C24H23N7O3. The van der Waals surface area contributed by atoms with Crippen LogP contribution in [0.3, 0.4) is 0 Å². The van der Waals surface area contributed by atoms with Gasteiger partial charge in [-0.1, -0.05) is 24.3 Å². The van der Waals surface area contributed by atoms with Gasteiger partial charge in [0.15, 0.2) is 11.5 Å². The van der Waals surface area contributed by atoms with Crippen molar-refractivity contribution in [3.8, 4) is 11.4 Å². The molecule has 1 heterocycles. The number of hydrogen-bond donors (Lipinski definition) is 4. The van der Waals surface area contributed by atoms with E-state index in [2.05, 4.69) is 20.8 Å². The van der Waals surface area contributed by atoms with Crippen molar-refractivity contribution < 1.29 is 14.3 Å². The Labute approximate surface area is 195 Å². The number of carbonyl (C=O) groups is 2. The molecule has 0 fully saturated rings. The van der Waals surface area contributed by atoms with Crippen LogP contribution in [0.1, 0.15) is 26.4 Å². The van der Waals surface area contributed by atoms with Crippen molar-refractivity contribution in [2.24, 2.45) is 0 Å². The minimum absolute atomic E-state index is 0.0144. The monoisotopic (exact) mass is 457 g/mol. The number of aromatic nitrogens is 3. The van der Waals surface area contributed by atoms with Crippen LogP contribution >= 0.6 is 0 Å². The lowest BCUT2D eigenvalue weighted by Crippen LogP contribution is -2.24. The number of methoxy groups -OCH3 is 1. The molecule has 3 aromatic carbocycles. The Kier molecular flexibility index (Phi) is 6.40. The second-order valence-electron chi connectivity index (χ2n) is 7.34. The summed E-state index contributed by atoms with van der Waals surface area (Å²) in [7, 11) is 1.57. The van der Waals surface area contributed by atoms with Gasteiger partial charge in [-0.2, -0.15) is 0 Å². The molecule has 34 heavy (non-hydrogen) atoms. The maximum atomic E-state index is 12.6. The van der Waals surface area contributed by atoms with Gasteiger partial charge in [0.25, 0.3) is 11.8 Å². The molecule has 0 aliphatic heterocycles. The Hall–Kier alpha value is -4.86. The summed E-state index contributed by atoms with van der Waals surface area (Å²) in [5, 5.41) is 13.8. The number of rotatable bonds is 7. The Morgan fingerprint density at radius 3 is 2.29 bits per heavy atom. The van der Waals surface area contributed by atoms with E-state index in [1.54, 1.807) is 79.9 Å². The van der Waals surface area contributed by atoms with Crippen LogP contribution in [-0.4, -0.2) is 33.9 Å². The minimum Gasteiger partial charge on any atom is -0.497 e. The second kappa shape index (κ2) is 9.74. The van der Waals surface area contributed by atoms with Crippen molar-refractivity contribution in [3.63, 3.8) is 0 Å². The number of anilines is 3. The van der Waals surface area contributed by atoms with Crippen LogP contribution in [-0.2, 0) is 6.54 Å². The van der Waals surface area contributed by atoms with Crippen molar-refractivity contribution in [1.29, 1.82) is 0 Å². The zero-order valence-electron chi connectivity index (χ0n) is 18.4. The molecule has 4 rings (SSSR count). The summed E-state index contributed by atoms with van der Waals surface area (Å²) in [4.78, 5) is 26.3. The molecule has 172 valence electrons. The number of nitrogens with zero attached hydrogens (tertiary/aromatic N) is 3. The van der Waals surface area contributed by atoms with Gasteiger partial charge in [0.2, 0.25) is 0 Å². The van der Waals surface area contributed by atoms with Gasteiger partial charge >= 0.3 is 0 Å². The van der Waals surface area contributed by atoms with Gasteiger partial charge in [-0.05, 0) is 54.1 Å². The highest BCUT2D eigenvalue weighted by atomic mass is 16.5. The van der Waals surface area contributed by atoms with Gasteiger partial charge in [0.1, 0.15) is 5.75 Å². The third-order valence-electron chi connectivity index (χ3n) is 5.04. The fourth-order valence-electron chi connectivity index (χ4n) is 3.16. The van der Waals surface area contributed by atoms with Gasteiger partial charge in [-0.15, -0.1) is 15.0 Å². The number of ether oxygens (including phenoxy) is 1. The molecule has 0 aliphatic carbocycles. The van der Waals surface area contributed by atoms with Crippen molar-refractivity contribution in [2.75, 3.05) is 23.9 Å². The fourth-order valence-corrected chi connectivity index (χ4v) is 3.16. The third-order valence-corrected chi connectivity index (χ3v) is 5.04. The van der Waals surface area contributed by atoms with E-state index in [4.69, 9.17) is 16.2 Å². The summed E-state index contributed by atoms with van der Waals surface area (Å²) in [5.41, 5.74) is 14.7. The standard InChI is InChI=1S/C24H23N7O3/c1-34-18-12-10-17(11-13-18)31-29-21(22(26)30-31)24(33)27-14-15-6-8-16(9-7-15)23(32)28-20-5-3-2-4-19(20)25/h2-13H,14,25H2,1H3,(H2,26,30)(H,27,33)(H,28,32). The van der Waals surface area contributed by atoms with Gasteiger partial charge in [0.05, 0.1) is 24.2 Å². The quantitative estimate of drug-likeness (QED) is 0.312. The first-order valence-electron chi connectivity index (χ1n) is 10.3. The topological polar surface area (TPSA) is 150 Å². The molecular weight excluding hydrogens is 434 g/mol. The second-order valence-corrected chi connectivity index (χ2v) is 7.34. The lowest BCUT2D eigenvalue weighted by atomic mass is 10.1. The Morgan fingerprint density at radius 2 is 1.62 bits per heavy atom. The van der Waals surface area contributed by atoms with E-state index in [0.717, 1.165) is 5.56 Å². The SMILES string of the molecule is COc1ccc(-n2nc(N)c(C(=O)NCc3ccc(C(=O)Nc4ccccc4N)cc3)n2)cc1. The third kappa shape index (κ3) is 4.96. The van der Waals surface area contributed by atoms with E-state index in [1.807, 2.05) is 0 Å². The molecule has 1 aromatic heterocycles. The van der Waals surface area contributed by atoms with Crippen molar-refractivity contribution in [2.45, 2.75) is 6.54 Å². The van der Waals surface area contributed by atoms with E-state index in [-0.39, 0.29) is 24.0 Å². The Bertz CT molecular complexity index is 1320. The minimum atomic E-state index is -0.460. The molecule has 0 aliphatic rings. The Morgan fingerprint density at radius 1 is 0.912 bits per heavy atom. The lowest BCUT2D eigenvalue weighted by molar-refractivity contribution is 0.0945. The predicted octanol–water partition coefficient (Wildman–Crippen LogP) is 2.62. The van der Waals surface area contributed by atoms with E-state index in [1.165, 1.54) is 4.80 Å². The molecule has 2 amide bonds. The van der Waals surface area contributed by atoms with E-state index in [0.29, 0.717) is 28.4 Å². The van der Waals surface area contributed by atoms with Crippen LogP contribution in [0.5, 0.6) is 5.75 Å². The van der Waals surface area contributed by atoms with Crippen LogP contribution < -0.4 is 26.8 Å². The number of nitrogen functional groups attached to an aromatic ring is 2. The maximum absolute atomic E-state index is 12.6. The fraction of sp³-hybridized carbons (Fsp3) is 0.0833. The highest BCUT2D eigenvalue weighted by Crippen LogP contribution is 2.18. The number of benzene rings is 3. The van der Waals surface area contributed by atoms with Crippen LogP contribution in [0.25, 0.3) is 5.69 Å². The van der Waals surface area contributed by atoms with Crippen LogP contribution in [0.2, 0.25) is 0 Å². The number of para-hydroxylation sites is 2. The molecule has 0 atom stereocenters. The molecule has 10 heteroatoms. The summed E-state index contributed by atoms with van der Waals surface area (Å²) in [6, 6.07) is 20.9. The van der Waals surface area contributed by atoms with Gasteiger partial charge in [0, 0.05) is 12.1 Å². The van der Waals surface area contributed by atoms with Gasteiger partial charge < -0.3 is 26.8 Å². The van der Waals surface area contributed by atoms with Crippen molar-refractivity contribution >= 4 is 29.0 Å². The number of carbonyl (C=O) groups excluding carboxylic acids is 2. The first kappa shape index (κ1) is 22.3.